The molecule has 0 aromatic rings. The average molecular weight is 377 g/mol. The highest BCUT2D eigenvalue weighted by Crippen LogP contribution is 2.51. The first-order valence-electron chi connectivity index (χ1n) is 8.94. The molecular weight excluding hydrogens is 355 g/mol. The van der Waals surface area contributed by atoms with Crippen LogP contribution in [-0.4, -0.2) is 26.5 Å². The van der Waals surface area contributed by atoms with E-state index in [4.69, 9.17) is 0 Å². The summed E-state index contributed by atoms with van der Waals surface area (Å²) >= 11 is 0. The third-order valence-electron chi connectivity index (χ3n) is 6.26. The molecule has 4 atom stereocenters. The van der Waals surface area contributed by atoms with Crippen molar-refractivity contribution in [1.82, 2.24) is 5.32 Å². The van der Waals surface area contributed by atoms with Crippen molar-refractivity contribution in [2.75, 3.05) is 6.54 Å². The highest BCUT2D eigenvalue weighted by atomic mass is 32.2. The van der Waals surface area contributed by atoms with Crippen LogP contribution in [0.25, 0.3) is 0 Å². The van der Waals surface area contributed by atoms with Gasteiger partial charge in [-0.3, -0.25) is 0 Å². The second kappa shape index (κ2) is 6.01. The molecule has 4 aliphatic rings. The van der Waals surface area contributed by atoms with Crippen molar-refractivity contribution in [2.45, 2.75) is 56.5 Å². The molecule has 0 saturated heterocycles. The second-order valence-electron chi connectivity index (χ2n) is 7.50. The van der Waals surface area contributed by atoms with Crippen molar-refractivity contribution in [3.63, 3.8) is 0 Å². The van der Waals surface area contributed by atoms with Crippen LogP contribution >= 0.6 is 0 Å². The van der Waals surface area contributed by atoms with E-state index in [1.165, 1.54) is 24.0 Å². The number of nitrogens with one attached hydrogen (secondary N) is 1. The molecule has 4 rings (SSSR count). The molecule has 3 aliphatic carbocycles. The molecule has 0 aromatic carbocycles. The van der Waals surface area contributed by atoms with Crippen LogP contribution in [0.4, 0.5) is 13.2 Å². The molecule has 25 heavy (non-hydrogen) atoms. The molecule has 0 radical (unpaired) electrons. The van der Waals surface area contributed by atoms with Crippen molar-refractivity contribution >= 4 is 10.1 Å². The predicted octanol–water partition coefficient (Wildman–Crippen LogP) is 3.63. The van der Waals surface area contributed by atoms with Gasteiger partial charge in [0.15, 0.2) is 0 Å². The Bertz CT molecular complexity index is 726. The summed E-state index contributed by atoms with van der Waals surface area (Å²) in [5.74, 6) is 0.199. The van der Waals surface area contributed by atoms with Gasteiger partial charge in [-0.25, -0.2) is 0 Å². The normalized spacial score (nSPS) is 35.6. The fourth-order valence-electron chi connectivity index (χ4n) is 5.17. The zero-order chi connectivity index (χ0) is 17.8. The van der Waals surface area contributed by atoms with Gasteiger partial charge in [0.05, 0.1) is 0 Å². The van der Waals surface area contributed by atoms with Gasteiger partial charge in [0.1, 0.15) is 5.76 Å². The van der Waals surface area contributed by atoms with Crippen molar-refractivity contribution in [1.29, 1.82) is 0 Å². The number of rotatable bonds is 2. The number of hydrogen-bond donors (Lipinski definition) is 1. The lowest BCUT2D eigenvalue weighted by molar-refractivity contribution is -0.0529. The maximum absolute atomic E-state index is 12.6. The Kier molecular flexibility index (Phi) is 4.18. The fourth-order valence-corrected chi connectivity index (χ4v) is 5.71. The maximum atomic E-state index is 12.6. The first kappa shape index (κ1) is 17.4. The number of halogens is 3. The number of allylic oxidation sites excluding steroid dienone is 2. The number of fused-ring (bicyclic) bond motifs is 4. The standard InChI is InChI=1S/C17H22F3NO3S/c18-17(19,20)25(22,23)24-16-8-7-11-13(16)6-5-10-12-3-1-2-4-15(12)21-9-14(10)11/h8,11,13-15,21H,1-7,9H2. The fraction of sp³-hybridized carbons (Fsp3) is 0.765. The summed E-state index contributed by atoms with van der Waals surface area (Å²) in [7, 11) is -5.58. The Morgan fingerprint density at radius 3 is 2.64 bits per heavy atom. The van der Waals surface area contributed by atoms with E-state index in [0.29, 0.717) is 18.9 Å². The Balaban J connectivity index is 1.54. The molecule has 0 amide bonds. The van der Waals surface area contributed by atoms with E-state index in [1.54, 1.807) is 6.08 Å². The molecule has 4 nitrogen and oxygen atoms in total. The molecule has 2 saturated carbocycles. The second-order valence-corrected chi connectivity index (χ2v) is 9.04. The van der Waals surface area contributed by atoms with Crippen LogP contribution in [0.5, 0.6) is 0 Å². The highest BCUT2D eigenvalue weighted by Gasteiger charge is 2.51. The molecule has 1 heterocycles. The molecule has 8 heteroatoms. The molecule has 140 valence electrons. The number of hydrogen-bond acceptors (Lipinski definition) is 4. The summed E-state index contributed by atoms with van der Waals surface area (Å²) in [6.45, 7) is 0.831. The third-order valence-corrected chi connectivity index (χ3v) is 7.24. The maximum Gasteiger partial charge on any atom is 0.534 e. The molecule has 4 unspecified atom stereocenters. The van der Waals surface area contributed by atoms with Crippen molar-refractivity contribution < 1.29 is 25.8 Å². The van der Waals surface area contributed by atoms with Crippen molar-refractivity contribution in [3.8, 4) is 0 Å². The highest BCUT2D eigenvalue weighted by molar-refractivity contribution is 7.87. The minimum absolute atomic E-state index is 0.00265. The molecule has 2 fully saturated rings. The Hall–Kier alpha value is -1.02. The van der Waals surface area contributed by atoms with Gasteiger partial charge in [0.25, 0.3) is 0 Å². The predicted molar refractivity (Wildman–Crippen MR) is 85.7 cm³/mol. The van der Waals surface area contributed by atoms with Gasteiger partial charge in [0, 0.05) is 18.5 Å². The van der Waals surface area contributed by atoms with E-state index >= 15 is 0 Å². The van der Waals surface area contributed by atoms with Crippen LogP contribution in [0.2, 0.25) is 0 Å². The Morgan fingerprint density at radius 2 is 1.88 bits per heavy atom. The van der Waals surface area contributed by atoms with Crippen LogP contribution in [-0.2, 0) is 14.3 Å². The van der Waals surface area contributed by atoms with Gasteiger partial charge in [-0.15, -0.1) is 0 Å². The lowest BCUT2D eigenvalue weighted by atomic mass is 9.65. The van der Waals surface area contributed by atoms with Gasteiger partial charge >= 0.3 is 15.6 Å². The Morgan fingerprint density at radius 1 is 1.08 bits per heavy atom. The summed E-state index contributed by atoms with van der Waals surface area (Å²) in [5, 5.41) is 3.60. The van der Waals surface area contributed by atoms with Gasteiger partial charge in [-0.2, -0.15) is 21.6 Å². The summed E-state index contributed by atoms with van der Waals surface area (Å²) < 4.78 is 65.0. The molecule has 0 spiro atoms. The van der Waals surface area contributed by atoms with E-state index in [9.17, 15) is 21.6 Å². The van der Waals surface area contributed by atoms with Crippen LogP contribution in [0.15, 0.2) is 23.0 Å². The van der Waals surface area contributed by atoms with Gasteiger partial charge in [0.2, 0.25) is 0 Å². The average Bonchev–Trinajstić information content (AvgIpc) is 2.96. The van der Waals surface area contributed by atoms with Crippen molar-refractivity contribution in [2.24, 2.45) is 17.8 Å². The lowest BCUT2D eigenvalue weighted by Crippen LogP contribution is -2.47. The molecule has 1 aliphatic heterocycles. The van der Waals surface area contributed by atoms with Crippen molar-refractivity contribution in [3.05, 3.63) is 23.0 Å². The summed E-state index contributed by atoms with van der Waals surface area (Å²) in [6.07, 6.45) is 8.36. The zero-order valence-electron chi connectivity index (χ0n) is 13.8. The molecule has 0 bridgehead atoms. The van der Waals surface area contributed by atoms with E-state index < -0.39 is 15.6 Å². The summed E-state index contributed by atoms with van der Waals surface area (Å²) in [4.78, 5) is 0. The largest absolute Gasteiger partial charge is 0.534 e. The Labute approximate surface area is 145 Å². The van der Waals surface area contributed by atoms with E-state index in [2.05, 4.69) is 9.50 Å². The van der Waals surface area contributed by atoms with E-state index in [0.717, 1.165) is 25.8 Å². The topological polar surface area (TPSA) is 55.4 Å². The molecule has 0 aromatic heterocycles. The lowest BCUT2D eigenvalue weighted by Gasteiger charge is -2.45. The van der Waals surface area contributed by atoms with Gasteiger partial charge in [-0.1, -0.05) is 17.6 Å². The van der Waals surface area contributed by atoms with E-state index in [1.807, 2.05) is 0 Å². The minimum Gasteiger partial charge on any atom is -0.381 e. The first-order chi connectivity index (χ1) is 11.8. The van der Waals surface area contributed by atoms with Crippen LogP contribution in [0.1, 0.15) is 44.9 Å². The van der Waals surface area contributed by atoms with Crippen LogP contribution in [0, 0.1) is 17.8 Å². The number of alkyl halides is 3. The van der Waals surface area contributed by atoms with Gasteiger partial charge < -0.3 is 9.50 Å². The SMILES string of the molecule is O=S(=O)(OC1=CCC2C1CCC1=C3CCCCC3NCC12)C(F)(F)F. The summed E-state index contributed by atoms with van der Waals surface area (Å²) in [6, 6.07) is 0.465. The summed E-state index contributed by atoms with van der Waals surface area (Å²) in [5.41, 5.74) is -2.38. The van der Waals surface area contributed by atoms with Crippen LogP contribution < -0.4 is 5.32 Å². The molecule has 1 N–H and O–H groups in total. The minimum atomic E-state index is -5.58. The first-order valence-corrected chi connectivity index (χ1v) is 10.3. The van der Waals surface area contributed by atoms with Crippen LogP contribution in [0.3, 0.4) is 0 Å². The van der Waals surface area contributed by atoms with Gasteiger partial charge in [-0.05, 0) is 56.4 Å². The smallest absolute Gasteiger partial charge is 0.381 e. The third kappa shape index (κ3) is 2.91. The zero-order valence-corrected chi connectivity index (χ0v) is 14.6. The quantitative estimate of drug-likeness (QED) is 0.454. The monoisotopic (exact) mass is 377 g/mol. The molecular formula is C17H22F3NO3S. The van der Waals surface area contributed by atoms with E-state index in [-0.39, 0.29) is 23.5 Å².